The number of hydrogen-bond donors (Lipinski definition) is 2. The average Bonchev–Trinajstić information content (AvgIpc) is 2.72. The molecule has 1 aliphatic heterocycles. The van der Waals surface area contributed by atoms with Crippen molar-refractivity contribution in [3.63, 3.8) is 0 Å². The van der Waals surface area contributed by atoms with E-state index in [1.54, 1.807) is 17.0 Å². The Bertz CT molecular complexity index is 876. The van der Waals surface area contributed by atoms with Gasteiger partial charge in [0.2, 0.25) is 0 Å². The number of amides is 2. The lowest BCUT2D eigenvalue weighted by Gasteiger charge is -2.36. The molecular formula is C20H21F2N3O3. The summed E-state index contributed by atoms with van der Waals surface area (Å²) < 4.78 is 32.3. The molecule has 0 radical (unpaired) electrons. The summed E-state index contributed by atoms with van der Waals surface area (Å²) in [5, 5.41) is 5.89. The molecule has 148 valence electrons. The molecule has 0 bridgehead atoms. The van der Waals surface area contributed by atoms with Gasteiger partial charge in [-0.2, -0.15) is 0 Å². The molecule has 1 unspecified atom stereocenters. The second-order valence-corrected chi connectivity index (χ2v) is 6.42. The second-order valence-electron chi connectivity index (χ2n) is 6.42. The van der Waals surface area contributed by atoms with Crippen LogP contribution in [0.4, 0.5) is 13.6 Å². The van der Waals surface area contributed by atoms with Gasteiger partial charge in [-0.3, -0.25) is 0 Å². The molecule has 1 heterocycles. The SMILES string of the molecule is COC(=O)c1ccc(CNC(=O)N2CCNCC2c2cccc(F)c2)c(F)c1. The summed E-state index contributed by atoms with van der Waals surface area (Å²) in [5.74, 6) is -1.60. The van der Waals surface area contributed by atoms with Gasteiger partial charge in [0.15, 0.2) is 0 Å². The maximum Gasteiger partial charge on any atom is 0.337 e. The first kappa shape index (κ1) is 19.8. The monoisotopic (exact) mass is 389 g/mol. The van der Waals surface area contributed by atoms with E-state index in [1.807, 2.05) is 0 Å². The second kappa shape index (κ2) is 8.79. The highest BCUT2D eigenvalue weighted by Gasteiger charge is 2.28. The van der Waals surface area contributed by atoms with E-state index in [0.717, 1.165) is 6.07 Å². The molecule has 2 amide bonds. The Morgan fingerprint density at radius 1 is 1.25 bits per heavy atom. The highest BCUT2D eigenvalue weighted by molar-refractivity contribution is 5.89. The summed E-state index contributed by atoms with van der Waals surface area (Å²) in [6.45, 7) is 1.52. The van der Waals surface area contributed by atoms with Crippen molar-refractivity contribution in [2.24, 2.45) is 0 Å². The van der Waals surface area contributed by atoms with E-state index < -0.39 is 11.8 Å². The van der Waals surface area contributed by atoms with E-state index in [-0.39, 0.29) is 35.6 Å². The summed E-state index contributed by atoms with van der Waals surface area (Å²) in [6.07, 6.45) is 0. The fourth-order valence-corrected chi connectivity index (χ4v) is 3.17. The van der Waals surface area contributed by atoms with E-state index in [2.05, 4.69) is 15.4 Å². The van der Waals surface area contributed by atoms with Crippen molar-refractivity contribution >= 4 is 12.0 Å². The molecule has 6 nitrogen and oxygen atoms in total. The maximum absolute atomic E-state index is 14.2. The van der Waals surface area contributed by atoms with Crippen LogP contribution >= 0.6 is 0 Å². The number of urea groups is 1. The Balaban J connectivity index is 1.68. The average molecular weight is 389 g/mol. The fourth-order valence-electron chi connectivity index (χ4n) is 3.17. The van der Waals surface area contributed by atoms with Crippen LogP contribution in [0.1, 0.15) is 27.5 Å². The zero-order valence-corrected chi connectivity index (χ0v) is 15.4. The first-order valence-electron chi connectivity index (χ1n) is 8.87. The van der Waals surface area contributed by atoms with Crippen LogP contribution in [0.5, 0.6) is 0 Å². The number of methoxy groups -OCH3 is 1. The van der Waals surface area contributed by atoms with Crippen molar-refractivity contribution in [3.8, 4) is 0 Å². The van der Waals surface area contributed by atoms with Gasteiger partial charge in [-0.1, -0.05) is 18.2 Å². The van der Waals surface area contributed by atoms with Crippen molar-refractivity contribution in [3.05, 3.63) is 70.8 Å². The Kier molecular flexibility index (Phi) is 6.20. The van der Waals surface area contributed by atoms with Gasteiger partial charge in [0.25, 0.3) is 0 Å². The number of rotatable bonds is 4. The van der Waals surface area contributed by atoms with E-state index in [1.165, 1.54) is 31.4 Å². The van der Waals surface area contributed by atoms with Gasteiger partial charge in [0, 0.05) is 31.7 Å². The minimum absolute atomic E-state index is 0.0358. The van der Waals surface area contributed by atoms with Crippen molar-refractivity contribution in [2.45, 2.75) is 12.6 Å². The Morgan fingerprint density at radius 2 is 2.07 bits per heavy atom. The van der Waals surface area contributed by atoms with Gasteiger partial charge in [0.05, 0.1) is 18.7 Å². The number of carbonyl (C=O) groups excluding carboxylic acids is 2. The van der Waals surface area contributed by atoms with Crippen molar-refractivity contribution < 1.29 is 23.1 Å². The molecule has 1 saturated heterocycles. The van der Waals surface area contributed by atoms with Crippen LogP contribution in [0, 0.1) is 11.6 Å². The highest BCUT2D eigenvalue weighted by atomic mass is 19.1. The van der Waals surface area contributed by atoms with E-state index >= 15 is 0 Å². The molecule has 2 aromatic rings. The van der Waals surface area contributed by atoms with Crippen molar-refractivity contribution in [2.75, 3.05) is 26.7 Å². The normalized spacial score (nSPS) is 16.5. The van der Waals surface area contributed by atoms with Crippen molar-refractivity contribution in [1.82, 2.24) is 15.5 Å². The third-order valence-corrected chi connectivity index (χ3v) is 4.64. The Hall–Kier alpha value is -3.00. The number of hydrogen-bond acceptors (Lipinski definition) is 4. The third kappa shape index (κ3) is 4.45. The molecule has 0 spiro atoms. The number of ether oxygens (including phenoxy) is 1. The van der Waals surface area contributed by atoms with Crippen molar-refractivity contribution in [1.29, 1.82) is 0 Å². The summed E-state index contributed by atoms with van der Waals surface area (Å²) in [6, 6.07) is 9.39. The molecule has 0 aromatic heterocycles. The number of carbonyl (C=O) groups is 2. The summed E-state index contributed by atoms with van der Waals surface area (Å²) >= 11 is 0. The zero-order valence-electron chi connectivity index (χ0n) is 15.4. The minimum atomic E-state index is -0.631. The van der Waals surface area contributed by atoms with Gasteiger partial charge in [0.1, 0.15) is 11.6 Å². The molecule has 1 fully saturated rings. The predicted octanol–water partition coefficient (Wildman–Crippen LogP) is 2.61. The van der Waals surface area contributed by atoms with Crippen LogP contribution in [-0.2, 0) is 11.3 Å². The lowest BCUT2D eigenvalue weighted by Crippen LogP contribution is -2.51. The fraction of sp³-hybridized carbons (Fsp3) is 0.300. The predicted molar refractivity (Wildman–Crippen MR) is 98.7 cm³/mol. The van der Waals surface area contributed by atoms with Gasteiger partial charge < -0.3 is 20.3 Å². The van der Waals surface area contributed by atoms with E-state index in [0.29, 0.717) is 25.2 Å². The van der Waals surface area contributed by atoms with Crippen LogP contribution in [0.2, 0.25) is 0 Å². The third-order valence-electron chi connectivity index (χ3n) is 4.64. The number of nitrogens with one attached hydrogen (secondary N) is 2. The number of nitrogens with zero attached hydrogens (tertiary/aromatic N) is 1. The topological polar surface area (TPSA) is 70.7 Å². The van der Waals surface area contributed by atoms with Crippen LogP contribution < -0.4 is 10.6 Å². The molecule has 0 saturated carbocycles. The Labute approximate surface area is 161 Å². The molecule has 8 heteroatoms. The van der Waals surface area contributed by atoms with E-state index in [4.69, 9.17) is 0 Å². The van der Waals surface area contributed by atoms with Gasteiger partial charge in [-0.05, 0) is 29.8 Å². The van der Waals surface area contributed by atoms with Crippen LogP contribution in [0.15, 0.2) is 42.5 Å². The quantitative estimate of drug-likeness (QED) is 0.789. The lowest BCUT2D eigenvalue weighted by atomic mass is 10.0. The Morgan fingerprint density at radius 3 is 2.79 bits per heavy atom. The van der Waals surface area contributed by atoms with Gasteiger partial charge in [-0.25, -0.2) is 18.4 Å². The zero-order chi connectivity index (χ0) is 20.1. The summed E-state index contributed by atoms with van der Waals surface area (Å²) in [7, 11) is 1.22. The maximum atomic E-state index is 14.2. The number of halogens is 2. The van der Waals surface area contributed by atoms with Crippen LogP contribution in [-0.4, -0.2) is 43.6 Å². The van der Waals surface area contributed by atoms with Gasteiger partial charge in [-0.15, -0.1) is 0 Å². The first-order chi connectivity index (χ1) is 13.5. The standard InChI is InChI=1S/C20H21F2N3O3/c1-28-19(26)14-5-6-15(17(22)10-14)11-24-20(27)25-8-7-23-12-18(25)13-3-2-4-16(21)9-13/h2-6,9-10,18,23H,7-8,11-12H2,1H3,(H,24,27). The molecule has 2 aromatic carbocycles. The molecular weight excluding hydrogens is 368 g/mol. The number of benzene rings is 2. The summed E-state index contributed by atoms with van der Waals surface area (Å²) in [5.41, 5.74) is 1.04. The number of esters is 1. The van der Waals surface area contributed by atoms with Crippen LogP contribution in [0.25, 0.3) is 0 Å². The molecule has 3 rings (SSSR count). The van der Waals surface area contributed by atoms with E-state index in [9.17, 15) is 18.4 Å². The molecule has 1 aliphatic rings. The van der Waals surface area contributed by atoms with Gasteiger partial charge >= 0.3 is 12.0 Å². The summed E-state index contributed by atoms with van der Waals surface area (Å²) in [4.78, 5) is 25.7. The molecule has 2 N–H and O–H groups in total. The minimum Gasteiger partial charge on any atom is -0.465 e. The molecule has 28 heavy (non-hydrogen) atoms. The van der Waals surface area contributed by atoms with Crippen LogP contribution in [0.3, 0.4) is 0 Å². The molecule has 0 aliphatic carbocycles. The first-order valence-corrected chi connectivity index (χ1v) is 8.87. The number of piperazine rings is 1. The smallest absolute Gasteiger partial charge is 0.337 e. The largest absolute Gasteiger partial charge is 0.465 e. The molecule has 1 atom stereocenters. The highest BCUT2D eigenvalue weighted by Crippen LogP contribution is 2.23. The lowest BCUT2D eigenvalue weighted by molar-refractivity contribution is 0.0600.